The summed E-state index contributed by atoms with van der Waals surface area (Å²) in [5.74, 6) is 0. The number of benzene rings is 1. The number of rotatable bonds is 1. The minimum atomic E-state index is 0. The van der Waals surface area contributed by atoms with Crippen LogP contribution in [0.5, 0.6) is 0 Å². The number of nitrogens with zero attached hydrogens (tertiary/aromatic N) is 1. The van der Waals surface area contributed by atoms with Crippen LogP contribution in [-0.2, 0) is 0 Å². The zero-order valence-corrected chi connectivity index (χ0v) is 9.95. The molecule has 0 atom stereocenters. The molecule has 3 nitrogen and oxygen atoms in total. The van der Waals surface area contributed by atoms with Crippen LogP contribution in [-0.4, -0.2) is 6.61 Å². The van der Waals surface area contributed by atoms with Crippen molar-refractivity contribution in [3.05, 3.63) is 30.3 Å². The van der Waals surface area contributed by atoms with Gasteiger partial charge in [0.2, 0.25) is 0 Å². The third kappa shape index (κ3) is 9.38. The second kappa shape index (κ2) is 11.5. The van der Waals surface area contributed by atoms with E-state index < -0.39 is 0 Å². The predicted molar refractivity (Wildman–Crippen MR) is 46.2 cm³/mol. The minimum absolute atomic E-state index is 0. The van der Waals surface area contributed by atoms with Crippen molar-refractivity contribution in [1.29, 1.82) is 5.26 Å². The molecule has 4 heteroatoms. The Kier molecular flexibility index (Phi) is 13.2. The summed E-state index contributed by atoms with van der Waals surface area (Å²) < 4.78 is 0. The zero-order valence-electron chi connectivity index (χ0n) is 7.95. The topological polar surface area (TPSA) is 58.9 Å². The van der Waals surface area contributed by atoms with Gasteiger partial charge < -0.3 is 5.11 Å². The van der Waals surface area contributed by atoms with E-state index in [2.05, 4.69) is 5.32 Å². The van der Waals surface area contributed by atoms with Crippen molar-refractivity contribution in [3.8, 4) is 6.19 Å². The SMILES string of the molecule is CC[O-].N#CNc1ccccc1.[Na+]. The molecule has 0 aliphatic heterocycles. The van der Waals surface area contributed by atoms with Gasteiger partial charge in [-0.25, -0.2) is 0 Å². The van der Waals surface area contributed by atoms with Crippen molar-refractivity contribution < 1.29 is 34.7 Å². The average molecular weight is 186 g/mol. The smallest absolute Gasteiger partial charge is 0.855 e. The molecular formula is C9H11N2NaO. The Hall–Kier alpha value is -0.530. The van der Waals surface area contributed by atoms with Crippen LogP contribution in [0.15, 0.2) is 30.3 Å². The largest absolute Gasteiger partial charge is 1.00 e. The quantitative estimate of drug-likeness (QED) is 0.312. The molecule has 0 amide bonds. The van der Waals surface area contributed by atoms with Gasteiger partial charge in [0.25, 0.3) is 0 Å². The first kappa shape index (κ1) is 15.0. The molecule has 64 valence electrons. The standard InChI is InChI=1S/C7H6N2.C2H5O.Na/c8-6-9-7-4-2-1-3-5-7;1-2-3;/h1-5,9H;2H2,1H3;/q;-1;+1. The van der Waals surface area contributed by atoms with Crippen molar-refractivity contribution in [2.75, 3.05) is 11.9 Å². The fraction of sp³-hybridized carbons (Fsp3) is 0.222. The number of hydrogen-bond acceptors (Lipinski definition) is 3. The van der Waals surface area contributed by atoms with Gasteiger partial charge in [-0.15, -0.1) is 6.61 Å². The minimum Gasteiger partial charge on any atom is -0.855 e. The molecule has 0 saturated heterocycles. The summed E-state index contributed by atoms with van der Waals surface area (Å²) in [7, 11) is 0. The molecule has 0 saturated carbocycles. The van der Waals surface area contributed by atoms with E-state index in [1.54, 1.807) is 6.92 Å². The van der Waals surface area contributed by atoms with Gasteiger partial charge in [0.05, 0.1) is 0 Å². The zero-order chi connectivity index (χ0) is 9.23. The van der Waals surface area contributed by atoms with Crippen LogP contribution in [0.4, 0.5) is 5.69 Å². The molecule has 13 heavy (non-hydrogen) atoms. The van der Waals surface area contributed by atoms with E-state index in [1.807, 2.05) is 36.5 Å². The van der Waals surface area contributed by atoms with Crippen LogP contribution >= 0.6 is 0 Å². The van der Waals surface area contributed by atoms with Crippen LogP contribution in [0.25, 0.3) is 0 Å². The second-order valence-electron chi connectivity index (χ2n) is 1.89. The van der Waals surface area contributed by atoms with E-state index >= 15 is 0 Å². The molecule has 0 aliphatic carbocycles. The summed E-state index contributed by atoms with van der Waals surface area (Å²) in [4.78, 5) is 0. The Bertz CT molecular complexity index is 233. The molecule has 0 fully saturated rings. The molecule has 1 aromatic carbocycles. The summed E-state index contributed by atoms with van der Waals surface area (Å²) in [6.45, 7) is 1.57. The van der Waals surface area contributed by atoms with E-state index in [-0.39, 0.29) is 36.2 Å². The summed E-state index contributed by atoms with van der Waals surface area (Å²) >= 11 is 0. The number of hydrogen-bond donors (Lipinski definition) is 1. The Morgan fingerprint density at radius 3 is 2.23 bits per heavy atom. The van der Waals surface area contributed by atoms with Gasteiger partial charge in [0.1, 0.15) is 0 Å². The fourth-order valence-electron chi connectivity index (χ4n) is 0.586. The third-order valence-corrected chi connectivity index (χ3v) is 0.974. The maximum Gasteiger partial charge on any atom is 1.00 e. The van der Waals surface area contributed by atoms with E-state index in [4.69, 9.17) is 10.4 Å². The molecule has 1 aromatic rings. The van der Waals surface area contributed by atoms with Crippen LogP contribution in [0.3, 0.4) is 0 Å². The Balaban J connectivity index is 0. The molecule has 0 spiro atoms. The maximum absolute atomic E-state index is 8.93. The molecular weight excluding hydrogens is 175 g/mol. The fourth-order valence-corrected chi connectivity index (χ4v) is 0.586. The first-order valence-electron chi connectivity index (χ1n) is 3.63. The summed E-state index contributed by atoms with van der Waals surface area (Å²) in [5.41, 5.74) is 0.833. The molecule has 1 N–H and O–H groups in total. The third-order valence-electron chi connectivity index (χ3n) is 0.974. The number of anilines is 1. The molecule has 0 heterocycles. The predicted octanol–water partition coefficient (Wildman–Crippen LogP) is -2.05. The van der Waals surface area contributed by atoms with Crippen molar-refractivity contribution in [1.82, 2.24) is 0 Å². The van der Waals surface area contributed by atoms with Gasteiger partial charge in [0.15, 0.2) is 6.19 Å². The van der Waals surface area contributed by atoms with Gasteiger partial charge in [-0.3, -0.25) is 5.32 Å². The summed E-state index contributed by atoms with van der Waals surface area (Å²) in [6, 6.07) is 9.33. The Morgan fingerprint density at radius 1 is 1.38 bits per heavy atom. The number of nitriles is 1. The first-order chi connectivity index (χ1) is 5.85. The number of nitrogens with one attached hydrogen (secondary N) is 1. The second-order valence-corrected chi connectivity index (χ2v) is 1.89. The molecule has 0 unspecified atom stereocenters. The van der Waals surface area contributed by atoms with E-state index in [9.17, 15) is 0 Å². The van der Waals surface area contributed by atoms with Crippen molar-refractivity contribution >= 4 is 5.69 Å². The Labute approximate surface area is 101 Å². The summed E-state index contributed by atoms with van der Waals surface area (Å²) in [5, 5.41) is 19.6. The summed E-state index contributed by atoms with van der Waals surface area (Å²) in [6.07, 6.45) is 1.83. The molecule has 0 aromatic heterocycles. The van der Waals surface area contributed by atoms with E-state index in [0.29, 0.717) is 0 Å². The van der Waals surface area contributed by atoms with E-state index in [0.717, 1.165) is 5.69 Å². The maximum atomic E-state index is 8.93. The first-order valence-corrected chi connectivity index (χ1v) is 3.63. The molecule has 0 radical (unpaired) electrons. The van der Waals surface area contributed by atoms with Gasteiger partial charge >= 0.3 is 29.6 Å². The van der Waals surface area contributed by atoms with Gasteiger partial charge in [-0.1, -0.05) is 25.1 Å². The van der Waals surface area contributed by atoms with Gasteiger partial charge in [-0.05, 0) is 12.1 Å². The van der Waals surface area contributed by atoms with Crippen LogP contribution < -0.4 is 40.0 Å². The Morgan fingerprint density at radius 2 is 1.85 bits per heavy atom. The monoisotopic (exact) mass is 186 g/mol. The van der Waals surface area contributed by atoms with Crippen molar-refractivity contribution in [2.24, 2.45) is 0 Å². The van der Waals surface area contributed by atoms with Crippen LogP contribution in [0.1, 0.15) is 6.92 Å². The van der Waals surface area contributed by atoms with Crippen molar-refractivity contribution in [2.45, 2.75) is 6.92 Å². The average Bonchev–Trinajstić information content (AvgIpc) is 2.08. The molecule has 0 aliphatic rings. The van der Waals surface area contributed by atoms with Gasteiger partial charge in [0, 0.05) is 5.69 Å². The normalized spacial score (nSPS) is 6.85. The molecule has 1 rings (SSSR count). The van der Waals surface area contributed by atoms with Crippen LogP contribution in [0, 0.1) is 11.5 Å². The molecule has 0 bridgehead atoms. The number of para-hydroxylation sites is 1. The van der Waals surface area contributed by atoms with E-state index in [1.165, 1.54) is 0 Å². The van der Waals surface area contributed by atoms with Crippen molar-refractivity contribution in [3.63, 3.8) is 0 Å². The van der Waals surface area contributed by atoms with Crippen LogP contribution in [0.2, 0.25) is 0 Å². The van der Waals surface area contributed by atoms with Gasteiger partial charge in [-0.2, -0.15) is 5.26 Å².